The van der Waals surface area contributed by atoms with Crippen molar-refractivity contribution in [2.45, 2.75) is 90.1 Å². The normalized spacial score (nSPS) is 39.2. The first kappa shape index (κ1) is 29.4. The van der Waals surface area contributed by atoms with Crippen LogP contribution in [-0.4, -0.2) is 71.1 Å². The average Bonchev–Trinajstić information content (AvgIpc) is 2.89. The maximum atomic E-state index is 16.5. The van der Waals surface area contributed by atoms with Crippen LogP contribution >= 0.6 is 0 Å². The van der Waals surface area contributed by atoms with E-state index in [9.17, 15) is 24.3 Å². The van der Waals surface area contributed by atoms with E-state index < -0.39 is 76.1 Å². The van der Waals surface area contributed by atoms with Gasteiger partial charge in [0, 0.05) is 25.7 Å². The third-order valence-electron chi connectivity index (χ3n) is 9.86. The molecule has 2 saturated carbocycles. The fourth-order valence-electron chi connectivity index (χ4n) is 7.66. The molecule has 1 heterocycles. The molecule has 41 heavy (non-hydrogen) atoms. The van der Waals surface area contributed by atoms with Gasteiger partial charge in [-0.05, 0) is 44.4 Å². The first-order valence-corrected chi connectivity index (χ1v) is 13.8. The number of hydrogen-bond acceptors (Lipinski definition) is 9. The number of alkyl halides is 1. The summed E-state index contributed by atoms with van der Waals surface area (Å²) in [6.07, 6.45) is -4.53. The SMILES string of the molecule is CC(=O)OC1C(=O)C2(C)C(F)CC3OCC3(OC(C)=O)C2C(OC(=O)c2ccccc2)C2(O)C[CH]C(C)=C1C2(C)C. The Kier molecular flexibility index (Phi) is 6.97. The van der Waals surface area contributed by atoms with Crippen LogP contribution in [0.4, 0.5) is 4.39 Å². The molecule has 0 aromatic heterocycles. The molecule has 5 rings (SSSR count). The molecule has 1 aromatic rings. The standard InChI is InChI=1S/C31H36FO9/c1-16-12-13-31(37)26(40-27(36)19-10-8-7-9-11-19)24-29(6,20(32)14-21-30(24,15-38-21)41-18(3)34)25(35)23(39-17(2)33)22(16)28(31,4)5/h7-12,20-21,23-24,26,37H,13-15H2,1-6H3. The predicted molar refractivity (Wildman–Crippen MR) is 142 cm³/mol. The fourth-order valence-corrected chi connectivity index (χ4v) is 7.66. The highest BCUT2D eigenvalue weighted by Crippen LogP contribution is 2.64. The van der Waals surface area contributed by atoms with E-state index in [-0.39, 0.29) is 25.0 Å². The lowest BCUT2D eigenvalue weighted by molar-refractivity contribution is -0.339. The summed E-state index contributed by atoms with van der Waals surface area (Å²) in [5.74, 6) is -4.41. The first-order valence-electron chi connectivity index (χ1n) is 13.8. The Morgan fingerprint density at radius 2 is 1.71 bits per heavy atom. The van der Waals surface area contributed by atoms with Crippen LogP contribution in [0.15, 0.2) is 41.5 Å². The maximum Gasteiger partial charge on any atom is 0.338 e. The number of Topliss-reactive ketones (excluding diaryl/α,β-unsaturated/α-hetero) is 1. The fraction of sp³-hybridized carbons (Fsp3) is 0.581. The zero-order chi connectivity index (χ0) is 30.1. The lowest BCUT2D eigenvalue weighted by Gasteiger charge is -2.66. The van der Waals surface area contributed by atoms with Gasteiger partial charge in [0.25, 0.3) is 0 Å². The molecule has 10 heteroatoms. The van der Waals surface area contributed by atoms with Crippen molar-refractivity contribution in [3.8, 4) is 0 Å². The molecule has 0 spiro atoms. The number of carbonyl (C=O) groups is 4. The molecule has 1 saturated heterocycles. The summed E-state index contributed by atoms with van der Waals surface area (Å²) in [7, 11) is 0. The van der Waals surface area contributed by atoms with Gasteiger partial charge in [-0.2, -0.15) is 0 Å². The number of rotatable bonds is 4. The molecule has 8 unspecified atom stereocenters. The number of ketones is 1. The van der Waals surface area contributed by atoms with Gasteiger partial charge in [-0.1, -0.05) is 37.6 Å². The molecule has 1 radical (unpaired) electrons. The molecule has 1 aromatic carbocycles. The van der Waals surface area contributed by atoms with Crippen LogP contribution in [0.5, 0.6) is 0 Å². The molecule has 1 N–H and O–H groups in total. The third-order valence-corrected chi connectivity index (χ3v) is 9.86. The van der Waals surface area contributed by atoms with Crippen molar-refractivity contribution in [3.05, 3.63) is 53.5 Å². The molecule has 9 nitrogen and oxygen atoms in total. The van der Waals surface area contributed by atoms with Crippen molar-refractivity contribution in [3.63, 3.8) is 0 Å². The molecular formula is C31H36FO9. The van der Waals surface area contributed by atoms with Gasteiger partial charge in [-0.15, -0.1) is 0 Å². The zero-order valence-electron chi connectivity index (χ0n) is 24.1. The summed E-state index contributed by atoms with van der Waals surface area (Å²) in [5, 5.41) is 12.8. The van der Waals surface area contributed by atoms with Gasteiger partial charge in [0.05, 0.1) is 23.5 Å². The second kappa shape index (κ2) is 9.73. The summed E-state index contributed by atoms with van der Waals surface area (Å²) in [6.45, 7) is 8.62. The summed E-state index contributed by atoms with van der Waals surface area (Å²) < 4.78 is 39.9. The molecule has 8 atom stereocenters. The number of carbonyl (C=O) groups excluding carboxylic acids is 4. The minimum Gasteiger partial charge on any atom is -0.455 e. The van der Waals surface area contributed by atoms with E-state index in [1.807, 2.05) is 0 Å². The van der Waals surface area contributed by atoms with Gasteiger partial charge in [-0.3, -0.25) is 14.4 Å². The lowest BCUT2D eigenvalue weighted by Crippen LogP contribution is -2.81. The van der Waals surface area contributed by atoms with E-state index in [0.717, 1.165) is 6.92 Å². The molecule has 1 aliphatic heterocycles. The number of allylic oxidation sites excluding steroid dienone is 1. The van der Waals surface area contributed by atoms with Crippen molar-refractivity contribution in [2.24, 2.45) is 16.7 Å². The smallest absolute Gasteiger partial charge is 0.338 e. The average molecular weight is 572 g/mol. The van der Waals surface area contributed by atoms with Crippen molar-refractivity contribution in [2.75, 3.05) is 6.61 Å². The van der Waals surface area contributed by atoms with Crippen LogP contribution in [-0.2, 0) is 33.3 Å². The maximum absolute atomic E-state index is 16.5. The molecule has 221 valence electrons. The van der Waals surface area contributed by atoms with E-state index in [0.29, 0.717) is 11.1 Å². The first-order chi connectivity index (χ1) is 19.1. The van der Waals surface area contributed by atoms with Crippen LogP contribution in [0, 0.1) is 23.2 Å². The molecule has 4 aliphatic rings. The lowest BCUT2D eigenvalue weighted by atomic mass is 9.45. The molecule has 2 bridgehead atoms. The summed E-state index contributed by atoms with van der Waals surface area (Å²) in [5.41, 5.74) is -5.81. The largest absolute Gasteiger partial charge is 0.455 e. The Morgan fingerprint density at radius 3 is 2.27 bits per heavy atom. The van der Waals surface area contributed by atoms with Gasteiger partial charge in [-0.25, -0.2) is 9.18 Å². The zero-order valence-corrected chi connectivity index (χ0v) is 24.1. The van der Waals surface area contributed by atoms with Crippen molar-refractivity contribution < 1.29 is 47.6 Å². The van der Waals surface area contributed by atoms with E-state index >= 15 is 4.39 Å². The number of halogens is 1. The van der Waals surface area contributed by atoms with Crippen molar-refractivity contribution in [1.82, 2.24) is 0 Å². The Bertz CT molecular complexity index is 1320. The third kappa shape index (κ3) is 4.08. The van der Waals surface area contributed by atoms with E-state index in [4.69, 9.17) is 18.9 Å². The van der Waals surface area contributed by atoms with Crippen molar-refractivity contribution >= 4 is 23.7 Å². The van der Waals surface area contributed by atoms with Gasteiger partial charge in [0.2, 0.25) is 0 Å². The summed E-state index contributed by atoms with van der Waals surface area (Å²) >= 11 is 0. The minimum absolute atomic E-state index is 0.0335. The highest BCUT2D eigenvalue weighted by atomic mass is 19.1. The Morgan fingerprint density at radius 1 is 1.05 bits per heavy atom. The summed E-state index contributed by atoms with van der Waals surface area (Å²) in [4.78, 5) is 53.2. The van der Waals surface area contributed by atoms with E-state index in [1.165, 1.54) is 13.8 Å². The molecular weight excluding hydrogens is 535 g/mol. The highest BCUT2D eigenvalue weighted by molar-refractivity contribution is 5.95. The van der Waals surface area contributed by atoms with Crippen LogP contribution in [0.1, 0.15) is 64.7 Å². The van der Waals surface area contributed by atoms with E-state index in [2.05, 4.69) is 0 Å². The number of hydrogen-bond donors (Lipinski definition) is 1. The second-order valence-electron chi connectivity index (χ2n) is 12.4. The number of fused-ring (bicyclic) bond motifs is 5. The predicted octanol–water partition coefficient (Wildman–Crippen LogP) is 3.47. The number of benzene rings is 1. The molecule has 3 fully saturated rings. The number of ether oxygens (including phenoxy) is 4. The Hall–Kier alpha value is -3.11. The van der Waals surface area contributed by atoms with Gasteiger partial charge in [0.1, 0.15) is 24.0 Å². The van der Waals surface area contributed by atoms with Gasteiger partial charge < -0.3 is 24.1 Å². The van der Waals surface area contributed by atoms with Crippen molar-refractivity contribution in [1.29, 1.82) is 0 Å². The van der Waals surface area contributed by atoms with Gasteiger partial charge in [0.15, 0.2) is 17.5 Å². The second-order valence-corrected chi connectivity index (χ2v) is 12.4. The van der Waals surface area contributed by atoms with Crippen LogP contribution in [0.3, 0.4) is 0 Å². The van der Waals surface area contributed by atoms with E-state index in [1.54, 1.807) is 57.5 Å². The minimum atomic E-state index is -2.02. The molecule has 0 amide bonds. The molecule has 3 aliphatic carbocycles. The quantitative estimate of drug-likeness (QED) is 0.427. The number of aliphatic hydroxyl groups is 1. The van der Waals surface area contributed by atoms with Crippen LogP contribution in [0.25, 0.3) is 0 Å². The van der Waals surface area contributed by atoms with Crippen LogP contribution < -0.4 is 0 Å². The topological polar surface area (TPSA) is 125 Å². The van der Waals surface area contributed by atoms with Crippen LogP contribution in [0.2, 0.25) is 0 Å². The highest BCUT2D eigenvalue weighted by Gasteiger charge is 2.78. The monoisotopic (exact) mass is 571 g/mol. The Balaban J connectivity index is 1.81. The number of esters is 3. The van der Waals surface area contributed by atoms with Gasteiger partial charge >= 0.3 is 17.9 Å². The Labute approximate surface area is 238 Å². The summed E-state index contributed by atoms with van der Waals surface area (Å²) in [6, 6.07) is 8.11.